The van der Waals surface area contributed by atoms with Crippen molar-refractivity contribution >= 4 is 16.7 Å². The maximum absolute atomic E-state index is 5.61. The first-order valence-corrected chi connectivity index (χ1v) is 6.83. The van der Waals surface area contributed by atoms with Gasteiger partial charge in [-0.3, -0.25) is 4.90 Å². The lowest BCUT2D eigenvalue weighted by molar-refractivity contribution is 0.153. The van der Waals surface area contributed by atoms with Crippen LogP contribution in [-0.4, -0.2) is 23.0 Å². The van der Waals surface area contributed by atoms with Gasteiger partial charge in [0.15, 0.2) is 0 Å². The van der Waals surface area contributed by atoms with Crippen LogP contribution in [0.2, 0.25) is 0 Å². The lowest BCUT2D eigenvalue weighted by Gasteiger charge is -2.35. The number of rotatable bonds is 4. The third kappa shape index (κ3) is 2.41. The number of nitrogens with zero attached hydrogens (tertiary/aromatic N) is 2. The largest absolute Gasteiger partial charge is 0.308 e. The van der Waals surface area contributed by atoms with Gasteiger partial charge in [-0.1, -0.05) is 24.6 Å². The highest BCUT2D eigenvalue weighted by Gasteiger charge is 2.22. The second-order valence-corrected chi connectivity index (χ2v) is 5.33. The van der Waals surface area contributed by atoms with Crippen LogP contribution >= 0.6 is 0 Å². The summed E-state index contributed by atoms with van der Waals surface area (Å²) in [6.07, 6.45) is 3.97. The SMILES string of the molecule is CN(Cc1cc2ccccc2nc1NN)C1CCC1. The van der Waals surface area contributed by atoms with Gasteiger partial charge in [0.1, 0.15) is 5.82 Å². The van der Waals surface area contributed by atoms with Crippen LogP contribution in [0.1, 0.15) is 24.8 Å². The molecule has 0 aliphatic heterocycles. The molecule has 19 heavy (non-hydrogen) atoms. The zero-order valence-electron chi connectivity index (χ0n) is 11.3. The minimum atomic E-state index is 0.720. The van der Waals surface area contributed by atoms with Crippen molar-refractivity contribution in [2.45, 2.75) is 31.8 Å². The molecule has 3 N–H and O–H groups in total. The van der Waals surface area contributed by atoms with Gasteiger partial charge in [0.2, 0.25) is 0 Å². The predicted molar refractivity (Wildman–Crippen MR) is 78.7 cm³/mol. The van der Waals surface area contributed by atoms with Gasteiger partial charge in [0.05, 0.1) is 5.52 Å². The molecule has 1 aromatic heterocycles. The Hall–Kier alpha value is -1.65. The predicted octanol–water partition coefficient (Wildman–Crippen LogP) is 2.50. The van der Waals surface area contributed by atoms with Gasteiger partial charge in [0, 0.05) is 23.5 Å². The van der Waals surface area contributed by atoms with E-state index in [0.29, 0.717) is 0 Å². The van der Waals surface area contributed by atoms with E-state index in [1.807, 2.05) is 18.2 Å². The zero-order chi connectivity index (χ0) is 13.2. The van der Waals surface area contributed by atoms with Crippen molar-refractivity contribution < 1.29 is 0 Å². The molecular formula is C15H20N4. The van der Waals surface area contributed by atoms with Gasteiger partial charge < -0.3 is 5.43 Å². The van der Waals surface area contributed by atoms with Crippen LogP contribution in [0.4, 0.5) is 5.82 Å². The van der Waals surface area contributed by atoms with Gasteiger partial charge in [-0.15, -0.1) is 0 Å². The second kappa shape index (κ2) is 5.15. The van der Waals surface area contributed by atoms with E-state index in [0.717, 1.165) is 29.5 Å². The van der Waals surface area contributed by atoms with Crippen LogP contribution in [0.15, 0.2) is 30.3 Å². The Balaban J connectivity index is 1.91. The molecule has 1 saturated carbocycles. The van der Waals surface area contributed by atoms with E-state index in [4.69, 9.17) is 5.84 Å². The van der Waals surface area contributed by atoms with Crippen molar-refractivity contribution in [3.63, 3.8) is 0 Å². The molecule has 0 amide bonds. The number of nitrogens with two attached hydrogens (primary N) is 1. The van der Waals surface area contributed by atoms with Crippen LogP contribution in [0.3, 0.4) is 0 Å². The Bertz CT molecular complexity index is 577. The number of fused-ring (bicyclic) bond motifs is 1. The highest BCUT2D eigenvalue weighted by Crippen LogP contribution is 2.27. The van der Waals surface area contributed by atoms with Crippen molar-refractivity contribution in [2.75, 3.05) is 12.5 Å². The van der Waals surface area contributed by atoms with Crippen LogP contribution in [0, 0.1) is 0 Å². The molecular weight excluding hydrogens is 236 g/mol. The Morgan fingerprint density at radius 3 is 2.84 bits per heavy atom. The number of hydrazine groups is 1. The molecule has 0 bridgehead atoms. The average molecular weight is 256 g/mol. The summed E-state index contributed by atoms with van der Waals surface area (Å²) in [6.45, 7) is 0.891. The summed E-state index contributed by atoms with van der Waals surface area (Å²) >= 11 is 0. The van der Waals surface area contributed by atoms with Gasteiger partial charge in [-0.05, 0) is 32.0 Å². The van der Waals surface area contributed by atoms with E-state index in [-0.39, 0.29) is 0 Å². The normalized spacial score (nSPS) is 15.7. The summed E-state index contributed by atoms with van der Waals surface area (Å²) in [5.41, 5.74) is 4.87. The molecule has 1 fully saturated rings. The Labute approximate surface area is 113 Å². The molecule has 2 aromatic rings. The van der Waals surface area contributed by atoms with Gasteiger partial charge >= 0.3 is 0 Å². The van der Waals surface area contributed by atoms with Crippen LogP contribution in [0.5, 0.6) is 0 Å². The van der Waals surface area contributed by atoms with Crippen molar-refractivity contribution in [2.24, 2.45) is 5.84 Å². The molecule has 100 valence electrons. The summed E-state index contributed by atoms with van der Waals surface area (Å²) in [4.78, 5) is 6.99. The minimum Gasteiger partial charge on any atom is -0.308 e. The van der Waals surface area contributed by atoms with Crippen molar-refractivity contribution in [1.82, 2.24) is 9.88 Å². The first-order valence-electron chi connectivity index (χ1n) is 6.83. The Kier molecular flexibility index (Phi) is 3.36. The maximum Gasteiger partial charge on any atom is 0.145 e. The van der Waals surface area contributed by atoms with Crippen LogP contribution in [0.25, 0.3) is 10.9 Å². The van der Waals surface area contributed by atoms with Crippen molar-refractivity contribution in [3.05, 3.63) is 35.9 Å². The van der Waals surface area contributed by atoms with Gasteiger partial charge in [-0.25, -0.2) is 10.8 Å². The Morgan fingerprint density at radius 1 is 1.37 bits per heavy atom. The van der Waals surface area contributed by atoms with E-state index in [1.165, 1.54) is 24.6 Å². The lowest BCUT2D eigenvalue weighted by Crippen LogP contribution is -2.36. The number of nitrogen functional groups attached to an aromatic ring is 1. The topological polar surface area (TPSA) is 54.2 Å². The zero-order valence-corrected chi connectivity index (χ0v) is 11.3. The molecule has 0 radical (unpaired) electrons. The molecule has 4 nitrogen and oxygen atoms in total. The summed E-state index contributed by atoms with van der Waals surface area (Å²) in [7, 11) is 2.18. The van der Waals surface area contributed by atoms with E-state index in [2.05, 4.69) is 34.5 Å². The second-order valence-electron chi connectivity index (χ2n) is 5.33. The molecule has 4 heteroatoms. The summed E-state index contributed by atoms with van der Waals surface area (Å²) in [6, 6.07) is 11.0. The molecule has 1 aromatic carbocycles. The lowest BCUT2D eigenvalue weighted by atomic mass is 9.91. The first-order chi connectivity index (χ1) is 9.28. The molecule has 0 unspecified atom stereocenters. The third-order valence-electron chi connectivity index (χ3n) is 4.06. The fourth-order valence-electron chi connectivity index (χ4n) is 2.63. The molecule has 3 rings (SSSR count). The quantitative estimate of drug-likeness (QED) is 0.652. The van der Waals surface area contributed by atoms with Gasteiger partial charge in [-0.2, -0.15) is 0 Å². The first kappa shape index (κ1) is 12.4. The van der Waals surface area contributed by atoms with Gasteiger partial charge in [0.25, 0.3) is 0 Å². The number of hydrogen-bond donors (Lipinski definition) is 2. The van der Waals surface area contributed by atoms with Crippen molar-refractivity contribution in [3.8, 4) is 0 Å². The average Bonchev–Trinajstić information content (AvgIpc) is 2.35. The fourth-order valence-corrected chi connectivity index (χ4v) is 2.63. The summed E-state index contributed by atoms with van der Waals surface area (Å²) in [5, 5.41) is 1.17. The molecule has 0 spiro atoms. The number of hydrogen-bond acceptors (Lipinski definition) is 4. The van der Waals surface area contributed by atoms with Crippen LogP contribution in [-0.2, 0) is 6.54 Å². The van der Waals surface area contributed by atoms with Crippen LogP contribution < -0.4 is 11.3 Å². The highest BCUT2D eigenvalue weighted by molar-refractivity contribution is 5.81. The monoisotopic (exact) mass is 256 g/mol. The standard InChI is InChI=1S/C15H20N4/c1-19(13-6-4-7-13)10-12-9-11-5-2-3-8-14(11)17-15(12)18-16/h2-3,5,8-9,13H,4,6-7,10,16H2,1H3,(H,17,18). The fraction of sp³-hybridized carbons (Fsp3) is 0.400. The third-order valence-corrected chi connectivity index (χ3v) is 4.06. The number of para-hydroxylation sites is 1. The van der Waals surface area contributed by atoms with E-state index >= 15 is 0 Å². The summed E-state index contributed by atoms with van der Waals surface area (Å²) < 4.78 is 0. The highest BCUT2D eigenvalue weighted by atomic mass is 15.3. The smallest absolute Gasteiger partial charge is 0.145 e. The number of pyridine rings is 1. The molecule has 0 atom stereocenters. The Morgan fingerprint density at radius 2 is 2.16 bits per heavy atom. The molecule has 1 aliphatic rings. The number of aromatic nitrogens is 1. The van der Waals surface area contributed by atoms with E-state index in [9.17, 15) is 0 Å². The number of benzene rings is 1. The molecule has 1 heterocycles. The summed E-state index contributed by atoms with van der Waals surface area (Å²) in [5.74, 6) is 6.39. The number of anilines is 1. The molecule has 0 saturated heterocycles. The number of nitrogens with one attached hydrogen (secondary N) is 1. The maximum atomic E-state index is 5.61. The van der Waals surface area contributed by atoms with Crippen molar-refractivity contribution in [1.29, 1.82) is 0 Å². The van der Waals surface area contributed by atoms with E-state index in [1.54, 1.807) is 0 Å². The van der Waals surface area contributed by atoms with E-state index < -0.39 is 0 Å². The minimum absolute atomic E-state index is 0.720. The molecule has 1 aliphatic carbocycles.